The van der Waals surface area contributed by atoms with Gasteiger partial charge < -0.3 is 10.5 Å². The SMILES string of the molecule is COC(=O)C(N)c1ccc(C)c(C)c1.Cl. The lowest BCUT2D eigenvalue weighted by Gasteiger charge is -2.11. The van der Waals surface area contributed by atoms with Gasteiger partial charge in [-0.15, -0.1) is 12.4 Å². The van der Waals surface area contributed by atoms with Crippen LogP contribution >= 0.6 is 12.4 Å². The lowest BCUT2D eigenvalue weighted by Crippen LogP contribution is -2.22. The van der Waals surface area contributed by atoms with Crippen LogP contribution in [0.2, 0.25) is 0 Å². The van der Waals surface area contributed by atoms with Gasteiger partial charge in [0.2, 0.25) is 0 Å². The van der Waals surface area contributed by atoms with E-state index in [1.54, 1.807) is 0 Å². The van der Waals surface area contributed by atoms with Crippen molar-refractivity contribution in [1.82, 2.24) is 0 Å². The van der Waals surface area contributed by atoms with Crippen molar-refractivity contribution in [3.8, 4) is 0 Å². The topological polar surface area (TPSA) is 52.3 Å². The van der Waals surface area contributed by atoms with Crippen molar-refractivity contribution >= 4 is 18.4 Å². The quantitative estimate of drug-likeness (QED) is 0.789. The third-order valence-electron chi connectivity index (χ3n) is 2.35. The fourth-order valence-corrected chi connectivity index (χ4v) is 1.22. The van der Waals surface area contributed by atoms with Gasteiger partial charge in [-0.25, -0.2) is 0 Å². The summed E-state index contributed by atoms with van der Waals surface area (Å²) in [4.78, 5) is 11.2. The van der Waals surface area contributed by atoms with Gasteiger partial charge in [-0.05, 0) is 30.5 Å². The molecule has 84 valence electrons. The van der Waals surface area contributed by atoms with Crippen molar-refractivity contribution in [2.24, 2.45) is 5.73 Å². The predicted molar refractivity (Wildman–Crippen MR) is 62.1 cm³/mol. The third kappa shape index (κ3) is 3.22. The van der Waals surface area contributed by atoms with E-state index >= 15 is 0 Å². The van der Waals surface area contributed by atoms with E-state index < -0.39 is 12.0 Å². The van der Waals surface area contributed by atoms with Crippen LogP contribution in [0.5, 0.6) is 0 Å². The Kier molecular flexibility index (Phi) is 5.33. The van der Waals surface area contributed by atoms with Crippen LogP contribution < -0.4 is 5.73 Å². The first kappa shape index (κ1) is 13.9. The van der Waals surface area contributed by atoms with Crippen LogP contribution in [0.15, 0.2) is 18.2 Å². The van der Waals surface area contributed by atoms with Crippen molar-refractivity contribution in [3.63, 3.8) is 0 Å². The summed E-state index contributed by atoms with van der Waals surface area (Å²) in [6.07, 6.45) is 0. The molecule has 0 heterocycles. The van der Waals surface area contributed by atoms with E-state index in [-0.39, 0.29) is 12.4 Å². The molecule has 0 aliphatic carbocycles. The number of rotatable bonds is 2. The van der Waals surface area contributed by atoms with Gasteiger partial charge in [0.05, 0.1) is 7.11 Å². The molecule has 0 saturated heterocycles. The fraction of sp³-hybridized carbons (Fsp3) is 0.364. The number of carbonyl (C=O) groups excluding carboxylic acids is 1. The van der Waals surface area contributed by atoms with E-state index in [0.717, 1.165) is 11.1 Å². The first-order valence-electron chi connectivity index (χ1n) is 4.47. The van der Waals surface area contributed by atoms with Crippen LogP contribution in [0.3, 0.4) is 0 Å². The molecule has 1 rings (SSSR count). The van der Waals surface area contributed by atoms with E-state index in [1.807, 2.05) is 32.0 Å². The monoisotopic (exact) mass is 229 g/mol. The fourth-order valence-electron chi connectivity index (χ4n) is 1.22. The molecule has 15 heavy (non-hydrogen) atoms. The summed E-state index contributed by atoms with van der Waals surface area (Å²) in [7, 11) is 1.34. The van der Waals surface area contributed by atoms with Crippen LogP contribution in [-0.2, 0) is 9.53 Å². The Morgan fingerprint density at radius 3 is 2.40 bits per heavy atom. The number of aryl methyl sites for hydroxylation is 2. The molecule has 0 amide bonds. The lowest BCUT2D eigenvalue weighted by atomic mass is 10.0. The summed E-state index contributed by atoms with van der Waals surface area (Å²) >= 11 is 0. The number of halogens is 1. The van der Waals surface area contributed by atoms with E-state index in [2.05, 4.69) is 4.74 Å². The average Bonchev–Trinajstić information content (AvgIpc) is 2.20. The minimum Gasteiger partial charge on any atom is -0.468 e. The van der Waals surface area contributed by atoms with Crippen LogP contribution in [-0.4, -0.2) is 13.1 Å². The highest BCUT2D eigenvalue weighted by atomic mass is 35.5. The molecule has 0 aliphatic rings. The lowest BCUT2D eigenvalue weighted by molar-refractivity contribution is -0.142. The summed E-state index contributed by atoms with van der Waals surface area (Å²) in [6, 6.07) is 5.04. The summed E-state index contributed by atoms with van der Waals surface area (Å²) in [5, 5.41) is 0. The summed E-state index contributed by atoms with van der Waals surface area (Å²) in [5.41, 5.74) is 8.80. The number of methoxy groups -OCH3 is 1. The Morgan fingerprint density at radius 1 is 1.33 bits per heavy atom. The molecule has 1 aromatic carbocycles. The summed E-state index contributed by atoms with van der Waals surface area (Å²) in [6.45, 7) is 4.01. The number of nitrogens with two attached hydrogens (primary N) is 1. The summed E-state index contributed by atoms with van der Waals surface area (Å²) < 4.78 is 4.57. The van der Waals surface area contributed by atoms with Crippen molar-refractivity contribution in [2.75, 3.05) is 7.11 Å². The first-order chi connectivity index (χ1) is 6.56. The third-order valence-corrected chi connectivity index (χ3v) is 2.35. The smallest absolute Gasteiger partial charge is 0.327 e. The van der Waals surface area contributed by atoms with Crippen molar-refractivity contribution < 1.29 is 9.53 Å². The standard InChI is InChI=1S/C11H15NO2.ClH/c1-7-4-5-9(6-8(7)2)10(12)11(13)14-3;/h4-6,10H,12H2,1-3H3;1H. The number of ether oxygens (including phenoxy) is 1. The normalized spacial score (nSPS) is 11.5. The van der Waals surface area contributed by atoms with Crippen LogP contribution in [0.1, 0.15) is 22.7 Å². The van der Waals surface area contributed by atoms with E-state index in [4.69, 9.17) is 5.73 Å². The van der Waals surface area contributed by atoms with Gasteiger partial charge in [0.15, 0.2) is 0 Å². The zero-order chi connectivity index (χ0) is 10.7. The van der Waals surface area contributed by atoms with Crippen molar-refractivity contribution in [1.29, 1.82) is 0 Å². The minimum absolute atomic E-state index is 0. The van der Waals surface area contributed by atoms with Crippen molar-refractivity contribution in [2.45, 2.75) is 19.9 Å². The zero-order valence-electron chi connectivity index (χ0n) is 9.11. The zero-order valence-corrected chi connectivity index (χ0v) is 9.93. The second-order valence-electron chi connectivity index (χ2n) is 3.34. The van der Waals surface area contributed by atoms with Crippen LogP contribution in [0.4, 0.5) is 0 Å². The maximum Gasteiger partial charge on any atom is 0.327 e. The largest absolute Gasteiger partial charge is 0.468 e. The van der Waals surface area contributed by atoms with Gasteiger partial charge in [-0.3, -0.25) is 4.79 Å². The maximum atomic E-state index is 11.2. The Morgan fingerprint density at radius 2 is 1.93 bits per heavy atom. The Balaban J connectivity index is 0.00000196. The molecule has 0 radical (unpaired) electrons. The van der Waals surface area contributed by atoms with Gasteiger partial charge in [-0.2, -0.15) is 0 Å². The molecule has 2 N–H and O–H groups in total. The van der Waals surface area contributed by atoms with Gasteiger partial charge in [-0.1, -0.05) is 18.2 Å². The molecular weight excluding hydrogens is 214 g/mol. The number of carbonyl (C=O) groups is 1. The molecule has 0 aromatic heterocycles. The predicted octanol–water partition coefficient (Wildman–Crippen LogP) is 1.90. The summed E-state index contributed by atoms with van der Waals surface area (Å²) in [5.74, 6) is -0.409. The Labute approximate surface area is 96.0 Å². The Bertz CT molecular complexity index is 352. The van der Waals surface area contributed by atoms with Crippen LogP contribution in [0, 0.1) is 13.8 Å². The molecule has 1 unspecified atom stereocenters. The van der Waals surface area contributed by atoms with Gasteiger partial charge in [0.1, 0.15) is 6.04 Å². The molecule has 3 nitrogen and oxygen atoms in total. The maximum absolute atomic E-state index is 11.2. The second kappa shape index (κ2) is 5.73. The number of esters is 1. The number of hydrogen-bond acceptors (Lipinski definition) is 3. The van der Waals surface area contributed by atoms with Crippen molar-refractivity contribution in [3.05, 3.63) is 34.9 Å². The molecule has 0 saturated carbocycles. The molecule has 0 aliphatic heterocycles. The molecule has 0 bridgehead atoms. The molecule has 0 spiro atoms. The number of hydrogen-bond donors (Lipinski definition) is 1. The van der Waals surface area contributed by atoms with Gasteiger partial charge >= 0.3 is 5.97 Å². The highest BCUT2D eigenvalue weighted by molar-refractivity contribution is 5.85. The first-order valence-corrected chi connectivity index (χ1v) is 4.47. The molecular formula is C11H16ClNO2. The molecule has 1 atom stereocenters. The molecule has 1 aromatic rings. The average molecular weight is 230 g/mol. The number of benzene rings is 1. The second-order valence-corrected chi connectivity index (χ2v) is 3.34. The minimum atomic E-state index is -0.681. The van der Waals surface area contributed by atoms with E-state index in [9.17, 15) is 4.79 Å². The van der Waals surface area contributed by atoms with Crippen LogP contribution in [0.25, 0.3) is 0 Å². The van der Waals surface area contributed by atoms with E-state index in [1.165, 1.54) is 12.7 Å². The van der Waals surface area contributed by atoms with E-state index in [0.29, 0.717) is 0 Å². The highest BCUT2D eigenvalue weighted by Gasteiger charge is 2.15. The highest BCUT2D eigenvalue weighted by Crippen LogP contribution is 2.16. The Hall–Kier alpha value is -1.06. The van der Waals surface area contributed by atoms with Gasteiger partial charge in [0.25, 0.3) is 0 Å². The van der Waals surface area contributed by atoms with Gasteiger partial charge in [0, 0.05) is 0 Å². The molecule has 0 fully saturated rings. The molecule has 4 heteroatoms.